The van der Waals surface area contributed by atoms with Crippen LogP contribution in [0.2, 0.25) is 0 Å². The third kappa shape index (κ3) is 3.28. The van der Waals surface area contributed by atoms with Gasteiger partial charge >= 0.3 is 0 Å². The number of halogens is 1. The minimum absolute atomic E-state index is 0.324. The SMILES string of the molecule is COc1cccc(OC)c1C(=O)Nc1ccc(N)cc1Br. The number of carbonyl (C=O) groups is 1. The molecule has 0 unspecified atom stereocenters. The Morgan fingerprint density at radius 2 is 1.76 bits per heavy atom. The van der Waals surface area contributed by atoms with Gasteiger partial charge in [-0.25, -0.2) is 0 Å². The topological polar surface area (TPSA) is 73.6 Å². The molecule has 0 aliphatic carbocycles. The second-order valence-corrected chi connectivity index (χ2v) is 5.09. The molecule has 21 heavy (non-hydrogen) atoms. The number of nitrogen functional groups attached to an aromatic ring is 1. The van der Waals surface area contributed by atoms with Crippen molar-refractivity contribution in [3.63, 3.8) is 0 Å². The summed E-state index contributed by atoms with van der Waals surface area (Å²) in [4.78, 5) is 12.5. The van der Waals surface area contributed by atoms with Gasteiger partial charge in [-0.1, -0.05) is 6.07 Å². The number of hydrogen-bond donors (Lipinski definition) is 2. The Morgan fingerprint density at radius 3 is 2.29 bits per heavy atom. The third-order valence-electron chi connectivity index (χ3n) is 2.90. The van der Waals surface area contributed by atoms with Crippen LogP contribution in [0, 0.1) is 0 Å². The summed E-state index contributed by atoms with van der Waals surface area (Å²) in [7, 11) is 3.01. The predicted octanol–water partition coefficient (Wildman–Crippen LogP) is 3.30. The monoisotopic (exact) mass is 350 g/mol. The summed E-state index contributed by atoms with van der Waals surface area (Å²) in [6, 6.07) is 10.3. The number of anilines is 2. The largest absolute Gasteiger partial charge is 0.496 e. The van der Waals surface area contributed by atoms with Crippen LogP contribution in [0.1, 0.15) is 10.4 Å². The van der Waals surface area contributed by atoms with E-state index in [1.54, 1.807) is 36.4 Å². The van der Waals surface area contributed by atoms with E-state index in [1.807, 2.05) is 0 Å². The van der Waals surface area contributed by atoms with Crippen LogP contribution >= 0.6 is 15.9 Å². The minimum Gasteiger partial charge on any atom is -0.496 e. The summed E-state index contributed by atoms with van der Waals surface area (Å²) in [6.07, 6.45) is 0. The molecule has 0 spiro atoms. The van der Waals surface area contributed by atoms with E-state index in [0.29, 0.717) is 32.9 Å². The lowest BCUT2D eigenvalue weighted by molar-refractivity contribution is 0.102. The summed E-state index contributed by atoms with van der Waals surface area (Å²) < 4.78 is 11.1. The lowest BCUT2D eigenvalue weighted by atomic mass is 10.1. The van der Waals surface area contributed by atoms with Gasteiger partial charge in [0.2, 0.25) is 0 Å². The maximum absolute atomic E-state index is 12.5. The molecule has 0 heterocycles. The molecule has 0 bridgehead atoms. The fourth-order valence-corrected chi connectivity index (χ4v) is 2.39. The van der Waals surface area contributed by atoms with E-state index in [9.17, 15) is 4.79 Å². The van der Waals surface area contributed by atoms with Gasteiger partial charge in [0.15, 0.2) is 0 Å². The number of nitrogens with one attached hydrogen (secondary N) is 1. The smallest absolute Gasteiger partial charge is 0.263 e. The molecule has 1 amide bonds. The van der Waals surface area contributed by atoms with Crippen LogP contribution in [0.4, 0.5) is 11.4 Å². The summed E-state index contributed by atoms with van der Waals surface area (Å²) in [5.74, 6) is 0.562. The number of methoxy groups -OCH3 is 2. The first-order valence-corrected chi connectivity index (χ1v) is 6.93. The quantitative estimate of drug-likeness (QED) is 0.829. The van der Waals surface area contributed by atoms with Crippen molar-refractivity contribution >= 4 is 33.2 Å². The summed E-state index contributed by atoms with van der Waals surface area (Å²) >= 11 is 3.36. The van der Waals surface area contributed by atoms with Gasteiger partial charge in [-0.05, 0) is 46.3 Å². The van der Waals surface area contributed by atoms with Crippen molar-refractivity contribution in [3.8, 4) is 11.5 Å². The molecule has 0 fully saturated rings. The Morgan fingerprint density at radius 1 is 1.14 bits per heavy atom. The van der Waals surface area contributed by atoms with E-state index in [0.717, 1.165) is 0 Å². The highest BCUT2D eigenvalue weighted by Crippen LogP contribution is 2.31. The standard InChI is InChI=1S/C15H15BrN2O3/c1-20-12-4-3-5-13(21-2)14(12)15(19)18-11-7-6-9(17)8-10(11)16/h3-8H,17H2,1-2H3,(H,18,19). The predicted molar refractivity (Wildman–Crippen MR) is 86.1 cm³/mol. The Balaban J connectivity index is 2.36. The summed E-state index contributed by atoms with van der Waals surface area (Å²) in [5, 5.41) is 2.80. The lowest BCUT2D eigenvalue weighted by Crippen LogP contribution is -2.15. The van der Waals surface area contributed by atoms with E-state index < -0.39 is 0 Å². The first-order chi connectivity index (χ1) is 10.1. The van der Waals surface area contributed by atoms with E-state index >= 15 is 0 Å². The highest BCUT2D eigenvalue weighted by Gasteiger charge is 2.18. The number of carbonyl (C=O) groups excluding carboxylic acids is 1. The number of hydrogen-bond acceptors (Lipinski definition) is 4. The maximum atomic E-state index is 12.5. The number of nitrogens with two attached hydrogens (primary N) is 1. The Labute approximate surface area is 131 Å². The first kappa shape index (κ1) is 15.2. The lowest BCUT2D eigenvalue weighted by Gasteiger charge is -2.13. The van der Waals surface area contributed by atoms with Crippen molar-refractivity contribution < 1.29 is 14.3 Å². The molecule has 0 saturated heterocycles. The van der Waals surface area contributed by atoms with Crippen molar-refractivity contribution in [2.75, 3.05) is 25.3 Å². The van der Waals surface area contributed by atoms with Crippen LogP contribution in [-0.4, -0.2) is 20.1 Å². The van der Waals surface area contributed by atoms with E-state index in [4.69, 9.17) is 15.2 Å². The number of benzene rings is 2. The fourth-order valence-electron chi connectivity index (χ4n) is 1.89. The molecule has 2 aromatic rings. The number of rotatable bonds is 4. The van der Waals surface area contributed by atoms with Crippen molar-refractivity contribution in [2.45, 2.75) is 0 Å². The summed E-state index contributed by atoms with van der Waals surface area (Å²) in [5.41, 5.74) is 7.24. The van der Waals surface area contributed by atoms with Gasteiger partial charge in [-0.3, -0.25) is 4.79 Å². The van der Waals surface area contributed by atoms with Crippen LogP contribution in [0.25, 0.3) is 0 Å². The highest BCUT2D eigenvalue weighted by atomic mass is 79.9. The van der Waals surface area contributed by atoms with E-state index in [1.165, 1.54) is 14.2 Å². The molecule has 0 aliphatic heterocycles. The van der Waals surface area contributed by atoms with Crippen LogP contribution in [0.15, 0.2) is 40.9 Å². The molecule has 0 aromatic heterocycles. The molecule has 0 aliphatic rings. The number of ether oxygens (including phenoxy) is 2. The number of amides is 1. The second kappa shape index (κ2) is 6.49. The first-order valence-electron chi connectivity index (χ1n) is 6.14. The fraction of sp³-hybridized carbons (Fsp3) is 0.133. The molecule has 0 atom stereocenters. The van der Waals surface area contributed by atoms with Crippen LogP contribution in [0.3, 0.4) is 0 Å². The normalized spacial score (nSPS) is 10.0. The minimum atomic E-state index is -0.324. The third-order valence-corrected chi connectivity index (χ3v) is 3.55. The average Bonchev–Trinajstić information content (AvgIpc) is 2.49. The molecule has 0 saturated carbocycles. The van der Waals surface area contributed by atoms with Crippen LogP contribution in [-0.2, 0) is 0 Å². The van der Waals surface area contributed by atoms with Crippen molar-refractivity contribution in [2.24, 2.45) is 0 Å². The molecule has 5 nitrogen and oxygen atoms in total. The molecular weight excluding hydrogens is 336 g/mol. The molecule has 6 heteroatoms. The van der Waals surface area contributed by atoms with E-state index in [2.05, 4.69) is 21.2 Å². The highest BCUT2D eigenvalue weighted by molar-refractivity contribution is 9.10. The molecule has 2 rings (SSSR count). The average molecular weight is 351 g/mol. The zero-order chi connectivity index (χ0) is 15.4. The van der Waals surface area contributed by atoms with Gasteiger partial charge in [0.05, 0.1) is 19.9 Å². The molecule has 2 aromatic carbocycles. The molecule has 0 radical (unpaired) electrons. The maximum Gasteiger partial charge on any atom is 0.263 e. The van der Waals surface area contributed by atoms with E-state index in [-0.39, 0.29) is 5.91 Å². The van der Waals surface area contributed by atoms with Gasteiger partial charge in [0.25, 0.3) is 5.91 Å². The van der Waals surface area contributed by atoms with Crippen molar-refractivity contribution in [1.82, 2.24) is 0 Å². The Hall–Kier alpha value is -2.21. The molecule has 3 N–H and O–H groups in total. The van der Waals surface area contributed by atoms with Crippen molar-refractivity contribution in [3.05, 3.63) is 46.4 Å². The van der Waals surface area contributed by atoms with Crippen LogP contribution < -0.4 is 20.5 Å². The molecular formula is C15H15BrN2O3. The van der Waals surface area contributed by atoms with Gasteiger partial charge in [-0.2, -0.15) is 0 Å². The second-order valence-electron chi connectivity index (χ2n) is 4.23. The van der Waals surface area contributed by atoms with Crippen LogP contribution in [0.5, 0.6) is 11.5 Å². The zero-order valence-corrected chi connectivity index (χ0v) is 13.2. The van der Waals surface area contributed by atoms with Gasteiger partial charge in [0, 0.05) is 10.2 Å². The van der Waals surface area contributed by atoms with Gasteiger partial charge in [0.1, 0.15) is 17.1 Å². The molecule has 110 valence electrons. The Bertz CT molecular complexity index is 652. The van der Waals surface area contributed by atoms with Crippen molar-refractivity contribution in [1.29, 1.82) is 0 Å². The van der Waals surface area contributed by atoms with Gasteiger partial charge in [-0.15, -0.1) is 0 Å². The van der Waals surface area contributed by atoms with Gasteiger partial charge < -0.3 is 20.5 Å². The zero-order valence-electron chi connectivity index (χ0n) is 11.6. The summed E-state index contributed by atoms with van der Waals surface area (Å²) in [6.45, 7) is 0. The Kier molecular flexibility index (Phi) is 4.70.